The van der Waals surface area contributed by atoms with Crippen molar-refractivity contribution in [2.24, 2.45) is 0 Å². The summed E-state index contributed by atoms with van der Waals surface area (Å²) < 4.78 is 5.70. The van der Waals surface area contributed by atoms with Crippen molar-refractivity contribution in [3.05, 3.63) is 24.2 Å². The molecule has 5 heteroatoms. The van der Waals surface area contributed by atoms with Crippen molar-refractivity contribution in [3.8, 4) is 0 Å². The summed E-state index contributed by atoms with van der Waals surface area (Å²) in [6.07, 6.45) is 2.20. The lowest BCUT2D eigenvalue weighted by Gasteiger charge is -2.00. The Morgan fingerprint density at radius 1 is 1.69 bits per heavy atom. The van der Waals surface area contributed by atoms with Gasteiger partial charge in [-0.1, -0.05) is 24.0 Å². The standard InChI is InChI=1S/C8H7NO2S2/c10-7-6(13-8(12)9-7)4-5-2-1-3-11-5/h1-3,6H,4H2,(H,9,10,12). The van der Waals surface area contributed by atoms with Crippen LogP contribution in [0.2, 0.25) is 0 Å². The van der Waals surface area contributed by atoms with E-state index < -0.39 is 0 Å². The van der Waals surface area contributed by atoms with Crippen LogP contribution in [0.1, 0.15) is 5.76 Å². The predicted octanol–water partition coefficient (Wildman–Crippen LogP) is 1.34. The minimum Gasteiger partial charge on any atom is -0.469 e. The quantitative estimate of drug-likeness (QED) is 0.753. The number of thiocarbonyl (C=S) groups is 1. The fraction of sp³-hybridized carbons (Fsp3) is 0.250. The Morgan fingerprint density at radius 2 is 2.54 bits per heavy atom. The van der Waals surface area contributed by atoms with Crippen LogP contribution in [-0.4, -0.2) is 15.5 Å². The van der Waals surface area contributed by atoms with E-state index in [1.165, 1.54) is 11.8 Å². The summed E-state index contributed by atoms with van der Waals surface area (Å²) in [7, 11) is 0. The minimum absolute atomic E-state index is 0.0219. The Bertz CT molecular complexity index is 334. The molecular formula is C8H7NO2S2. The average Bonchev–Trinajstić information content (AvgIpc) is 2.63. The van der Waals surface area contributed by atoms with E-state index in [4.69, 9.17) is 16.6 Å². The fourth-order valence-corrected chi connectivity index (χ4v) is 2.42. The van der Waals surface area contributed by atoms with Crippen molar-refractivity contribution in [1.29, 1.82) is 0 Å². The van der Waals surface area contributed by atoms with Gasteiger partial charge in [0.1, 0.15) is 10.1 Å². The molecule has 1 amide bonds. The van der Waals surface area contributed by atoms with Gasteiger partial charge in [-0.3, -0.25) is 4.79 Å². The van der Waals surface area contributed by atoms with Gasteiger partial charge in [0.05, 0.1) is 11.5 Å². The van der Waals surface area contributed by atoms with Gasteiger partial charge in [0.2, 0.25) is 5.91 Å². The number of hydrogen-bond acceptors (Lipinski definition) is 4. The van der Waals surface area contributed by atoms with E-state index in [0.717, 1.165) is 5.76 Å². The van der Waals surface area contributed by atoms with Crippen LogP contribution in [0, 0.1) is 0 Å². The topological polar surface area (TPSA) is 42.2 Å². The van der Waals surface area contributed by atoms with Gasteiger partial charge in [0.25, 0.3) is 0 Å². The van der Waals surface area contributed by atoms with Crippen LogP contribution < -0.4 is 5.32 Å². The molecular weight excluding hydrogens is 206 g/mol. The molecule has 1 aliphatic heterocycles. The number of thioether (sulfide) groups is 1. The molecule has 1 saturated heterocycles. The molecule has 3 nitrogen and oxygen atoms in total. The summed E-state index contributed by atoms with van der Waals surface area (Å²) in [6, 6.07) is 3.67. The molecule has 1 aromatic rings. The lowest BCUT2D eigenvalue weighted by atomic mass is 10.2. The second-order valence-electron chi connectivity index (χ2n) is 2.67. The maximum atomic E-state index is 11.2. The van der Waals surface area contributed by atoms with E-state index in [-0.39, 0.29) is 11.2 Å². The van der Waals surface area contributed by atoms with Crippen LogP contribution in [0.5, 0.6) is 0 Å². The van der Waals surface area contributed by atoms with Crippen LogP contribution in [0.3, 0.4) is 0 Å². The van der Waals surface area contributed by atoms with Crippen molar-refractivity contribution in [3.63, 3.8) is 0 Å². The SMILES string of the molecule is O=C1NC(=S)SC1Cc1ccco1. The van der Waals surface area contributed by atoms with Gasteiger partial charge >= 0.3 is 0 Å². The molecule has 0 spiro atoms. The van der Waals surface area contributed by atoms with Crippen molar-refractivity contribution >= 4 is 34.2 Å². The Labute approximate surface area is 84.9 Å². The van der Waals surface area contributed by atoms with E-state index in [0.29, 0.717) is 10.7 Å². The molecule has 1 N–H and O–H groups in total. The molecule has 68 valence electrons. The second kappa shape index (κ2) is 3.51. The minimum atomic E-state index is -0.126. The Balaban J connectivity index is 2.03. The lowest BCUT2D eigenvalue weighted by molar-refractivity contribution is -0.118. The van der Waals surface area contributed by atoms with Crippen LogP contribution in [0.4, 0.5) is 0 Å². The summed E-state index contributed by atoms with van der Waals surface area (Å²) >= 11 is 6.25. The van der Waals surface area contributed by atoms with E-state index in [2.05, 4.69) is 5.32 Å². The third kappa shape index (κ3) is 1.92. The van der Waals surface area contributed by atoms with Gasteiger partial charge in [-0.2, -0.15) is 0 Å². The number of nitrogens with one attached hydrogen (secondary N) is 1. The highest BCUT2D eigenvalue weighted by Crippen LogP contribution is 2.23. The van der Waals surface area contributed by atoms with Crippen molar-refractivity contribution in [1.82, 2.24) is 5.32 Å². The molecule has 1 atom stereocenters. The van der Waals surface area contributed by atoms with Crippen molar-refractivity contribution < 1.29 is 9.21 Å². The van der Waals surface area contributed by atoms with Gasteiger partial charge in [-0.15, -0.1) is 0 Å². The summed E-state index contributed by atoms with van der Waals surface area (Å²) in [6.45, 7) is 0. The van der Waals surface area contributed by atoms with Gasteiger partial charge < -0.3 is 9.73 Å². The van der Waals surface area contributed by atoms with E-state index >= 15 is 0 Å². The van der Waals surface area contributed by atoms with Crippen LogP contribution in [0.15, 0.2) is 22.8 Å². The van der Waals surface area contributed by atoms with E-state index in [9.17, 15) is 4.79 Å². The van der Waals surface area contributed by atoms with Crippen molar-refractivity contribution in [2.75, 3.05) is 0 Å². The predicted molar refractivity (Wildman–Crippen MR) is 54.5 cm³/mol. The summed E-state index contributed by atoms with van der Waals surface area (Å²) in [4.78, 5) is 11.2. The molecule has 0 radical (unpaired) electrons. The fourth-order valence-electron chi connectivity index (χ4n) is 1.14. The largest absolute Gasteiger partial charge is 0.469 e. The van der Waals surface area contributed by atoms with Gasteiger partial charge in [0, 0.05) is 6.42 Å². The smallest absolute Gasteiger partial charge is 0.239 e. The molecule has 1 aliphatic rings. The van der Waals surface area contributed by atoms with Crippen LogP contribution in [-0.2, 0) is 11.2 Å². The first-order valence-electron chi connectivity index (χ1n) is 3.79. The Hall–Kier alpha value is -0.810. The molecule has 0 saturated carbocycles. The number of amides is 1. The zero-order chi connectivity index (χ0) is 9.26. The number of hydrogen-bond donors (Lipinski definition) is 1. The van der Waals surface area contributed by atoms with Crippen molar-refractivity contribution in [2.45, 2.75) is 11.7 Å². The van der Waals surface area contributed by atoms with Gasteiger partial charge in [-0.25, -0.2) is 0 Å². The highest BCUT2D eigenvalue weighted by molar-refractivity contribution is 8.24. The molecule has 0 aromatic carbocycles. The third-order valence-electron chi connectivity index (χ3n) is 1.73. The van der Waals surface area contributed by atoms with Gasteiger partial charge in [0.15, 0.2) is 0 Å². The maximum Gasteiger partial charge on any atom is 0.239 e. The number of carbonyl (C=O) groups is 1. The molecule has 1 fully saturated rings. The molecule has 2 heterocycles. The molecule has 0 bridgehead atoms. The Morgan fingerprint density at radius 3 is 3.08 bits per heavy atom. The maximum absolute atomic E-state index is 11.2. The first kappa shape index (κ1) is 8.77. The lowest BCUT2D eigenvalue weighted by Crippen LogP contribution is -2.25. The van der Waals surface area contributed by atoms with Crippen LogP contribution in [0.25, 0.3) is 0 Å². The molecule has 13 heavy (non-hydrogen) atoms. The van der Waals surface area contributed by atoms with E-state index in [1.807, 2.05) is 12.1 Å². The number of rotatable bonds is 2. The molecule has 2 rings (SSSR count). The third-order valence-corrected chi connectivity index (χ3v) is 3.11. The second-order valence-corrected chi connectivity index (χ2v) is 4.55. The Kier molecular flexibility index (Phi) is 2.37. The van der Waals surface area contributed by atoms with E-state index in [1.54, 1.807) is 6.26 Å². The molecule has 1 aromatic heterocycles. The average molecular weight is 213 g/mol. The highest BCUT2D eigenvalue weighted by atomic mass is 32.2. The monoisotopic (exact) mass is 213 g/mol. The summed E-state index contributed by atoms with van der Waals surface area (Å²) in [5, 5.41) is 2.47. The van der Waals surface area contributed by atoms with Gasteiger partial charge in [-0.05, 0) is 12.1 Å². The first-order valence-corrected chi connectivity index (χ1v) is 5.08. The summed E-state index contributed by atoms with van der Waals surface area (Å²) in [5.41, 5.74) is 0. The number of carbonyl (C=O) groups excluding carboxylic acids is 1. The first-order chi connectivity index (χ1) is 6.25. The summed E-state index contributed by atoms with van der Waals surface area (Å²) in [5.74, 6) is 0.795. The molecule has 1 unspecified atom stereocenters. The zero-order valence-corrected chi connectivity index (χ0v) is 8.28. The van der Waals surface area contributed by atoms with Crippen LogP contribution >= 0.6 is 24.0 Å². The normalized spacial score (nSPS) is 22.0. The number of furan rings is 1. The highest BCUT2D eigenvalue weighted by Gasteiger charge is 2.29. The molecule has 0 aliphatic carbocycles. The zero-order valence-electron chi connectivity index (χ0n) is 6.65.